The van der Waals surface area contributed by atoms with E-state index in [4.69, 9.17) is 14.2 Å². The molecule has 0 N–H and O–H groups in total. The first-order chi connectivity index (χ1) is 35.0. The van der Waals surface area contributed by atoms with Crippen LogP contribution in [-0.4, -0.2) is 37.2 Å². The largest absolute Gasteiger partial charge is 0.462 e. The van der Waals surface area contributed by atoms with Crippen LogP contribution < -0.4 is 0 Å². The molecule has 0 radical (unpaired) electrons. The molecular weight excluding hydrogens is 877 g/mol. The average Bonchev–Trinajstić information content (AvgIpc) is 3.37. The molecule has 0 saturated carbocycles. The fraction of sp³-hybridized carbons (Fsp3) is 0.738. The first-order valence-electron chi connectivity index (χ1n) is 30.1. The van der Waals surface area contributed by atoms with E-state index >= 15 is 0 Å². The Kier molecular flexibility index (Phi) is 56.3. The van der Waals surface area contributed by atoms with Gasteiger partial charge in [-0.15, -0.1) is 0 Å². The van der Waals surface area contributed by atoms with Gasteiger partial charge in [0.15, 0.2) is 6.10 Å². The summed E-state index contributed by atoms with van der Waals surface area (Å²) in [4.78, 5) is 38.2. The number of rotatable bonds is 54. The number of carbonyl (C=O) groups is 3. The van der Waals surface area contributed by atoms with Crippen molar-refractivity contribution >= 4 is 17.9 Å². The lowest BCUT2D eigenvalue weighted by Crippen LogP contribution is -2.30. The second-order valence-electron chi connectivity index (χ2n) is 19.9. The lowest BCUT2D eigenvalue weighted by molar-refractivity contribution is -0.166. The highest BCUT2D eigenvalue weighted by Gasteiger charge is 2.19. The standard InChI is InChI=1S/C65H112O6/c1-4-7-10-13-16-19-22-25-28-31-32-35-37-40-43-46-49-52-55-58-64(67)70-61-62(71-65(68)59-56-53-50-47-44-41-38-34-30-27-24-21-18-15-12-9-6-3)60-69-63(66)57-54-51-48-45-42-39-36-33-29-26-23-20-17-14-11-8-5-2/h16-17,19-20,25-26,28-29,32,35,40,43,49,52,62H,4-15,18,21-24,27,30-31,33-34,36-39,41-42,44-48,50-51,53-61H2,1-3H3/b19-16-,20-17-,28-25-,29-26-,35-32-,43-40-,52-49-/t62-/m0/s1. The van der Waals surface area contributed by atoms with Crippen LogP contribution in [0.3, 0.4) is 0 Å². The predicted molar refractivity (Wildman–Crippen MR) is 307 cm³/mol. The Bertz CT molecular complexity index is 1370. The Morgan fingerprint density at radius 1 is 0.282 bits per heavy atom. The normalized spacial score (nSPS) is 12.7. The van der Waals surface area contributed by atoms with Crippen LogP contribution in [0.25, 0.3) is 0 Å². The number of carbonyl (C=O) groups excluding carboxylic acids is 3. The summed E-state index contributed by atoms with van der Waals surface area (Å²) in [6.45, 7) is 6.54. The van der Waals surface area contributed by atoms with E-state index in [0.717, 1.165) is 77.0 Å². The first kappa shape index (κ1) is 67.6. The maximum atomic E-state index is 12.9. The topological polar surface area (TPSA) is 78.9 Å². The van der Waals surface area contributed by atoms with Crippen LogP contribution in [0, 0.1) is 0 Å². The van der Waals surface area contributed by atoms with E-state index in [-0.39, 0.29) is 37.5 Å². The van der Waals surface area contributed by atoms with Crippen molar-refractivity contribution in [2.45, 2.75) is 297 Å². The Morgan fingerprint density at radius 3 is 0.901 bits per heavy atom. The second kappa shape index (κ2) is 59.2. The van der Waals surface area contributed by atoms with Crippen LogP contribution in [-0.2, 0) is 28.6 Å². The summed E-state index contributed by atoms with van der Waals surface area (Å²) in [5.74, 6) is -0.984. The van der Waals surface area contributed by atoms with Crippen LogP contribution in [0.1, 0.15) is 290 Å². The van der Waals surface area contributed by atoms with Crippen LogP contribution in [0.4, 0.5) is 0 Å². The summed E-state index contributed by atoms with van der Waals surface area (Å²) in [6.07, 6.45) is 77.3. The molecule has 0 aliphatic carbocycles. The minimum absolute atomic E-state index is 0.102. The number of esters is 3. The number of hydrogen-bond acceptors (Lipinski definition) is 6. The fourth-order valence-corrected chi connectivity index (χ4v) is 8.34. The number of ether oxygens (including phenoxy) is 3. The highest BCUT2D eigenvalue weighted by Crippen LogP contribution is 2.16. The lowest BCUT2D eigenvalue weighted by atomic mass is 10.0. The summed E-state index contributed by atoms with van der Waals surface area (Å²) in [6, 6.07) is 0. The zero-order valence-corrected chi connectivity index (χ0v) is 46.7. The summed E-state index contributed by atoms with van der Waals surface area (Å²) >= 11 is 0. The molecule has 408 valence electrons. The smallest absolute Gasteiger partial charge is 0.306 e. The van der Waals surface area contributed by atoms with Gasteiger partial charge in [0.05, 0.1) is 0 Å². The van der Waals surface area contributed by atoms with Crippen LogP contribution in [0.2, 0.25) is 0 Å². The van der Waals surface area contributed by atoms with Gasteiger partial charge in [-0.25, -0.2) is 0 Å². The molecule has 6 heteroatoms. The molecule has 0 aliphatic rings. The number of allylic oxidation sites excluding steroid dienone is 14. The third-order valence-electron chi connectivity index (χ3n) is 12.9. The quantitative estimate of drug-likeness (QED) is 0.0261. The molecule has 6 nitrogen and oxygen atoms in total. The molecule has 0 aromatic rings. The van der Waals surface area contributed by atoms with Crippen molar-refractivity contribution in [1.29, 1.82) is 0 Å². The van der Waals surface area contributed by atoms with E-state index in [2.05, 4.69) is 99.8 Å². The highest BCUT2D eigenvalue weighted by atomic mass is 16.6. The molecule has 0 aromatic carbocycles. The molecule has 0 unspecified atom stereocenters. The van der Waals surface area contributed by atoms with Crippen molar-refractivity contribution in [1.82, 2.24) is 0 Å². The molecule has 0 heterocycles. The molecule has 0 amide bonds. The Hall–Kier alpha value is -3.41. The first-order valence-corrected chi connectivity index (χ1v) is 30.1. The fourth-order valence-electron chi connectivity index (χ4n) is 8.34. The summed E-state index contributed by atoms with van der Waals surface area (Å²) in [7, 11) is 0. The van der Waals surface area contributed by atoms with Gasteiger partial charge in [0.1, 0.15) is 13.2 Å². The van der Waals surface area contributed by atoms with Crippen LogP contribution in [0.5, 0.6) is 0 Å². The molecule has 0 aliphatic heterocycles. The molecule has 0 rings (SSSR count). The second-order valence-corrected chi connectivity index (χ2v) is 19.9. The number of hydrogen-bond donors (Lipinski definition) is 0. The molecule has 0 saturated heterocycles. The van der Waals surface area contributed by atoms with Gasteiger partial charge in [0.2, 0.25) is 0 Å². The third-order valence-corrected chi connectivity index (χ3v) is 12.9. The molecule has 0 fully saturated rings. The molecular formula is C65H112O6. The van der Waals surface area contributed by atoms with E-state index in [0.29, 0.717) is 19.3 Å². The minimum Gasteiger partial charge on any atom is -0.462 e. The molecule has 0 bridgehead atoms. The van der Waals surface area contributed by atoms with Crippen molar-refractivity contribution in [2.75, 3.05) is 13.2 Å². The zero-order chi connectivity index (χ0) is 51.4. The minimum atomic E-state index is -0.809. The molecule has 0 spiro atoms. The monoisotopic (exact) mass is 989 g/mol. The highest BCUT2D eigenvalue weighted by molar-refractivity contribution is 5.71. The van der Waals surface area contributed by atoms with E-state index in [1.165, 1.54) is 167 Å². The Labute approximate surface area is 439 Å². The maximum absolute atomic E-state index is 12.9. The number of unbranched alkanes of at least 4 members (excludes halogenated alkanes) is 29. The average molecular weight is 990 g/mol. The van der Waals surface area contributed by atoms with E-state index in [1.807, 2.05) is 6.08 Å². The van der Waals surface area contributed by atoms with E-state index in [1.54, 1.807) is 0 Å². The molecule has 1 atom stereocenters. The van der Waals surface area contributed by atoms with Gasteiger partial charge in [0, 0.05) is 19.3 Å². The van der Waals surface area contributed by atoms with Crippen LogP contribution in [0.15, 0.2) is 85.1 Å². The van der Waals surface area contributed by atoms with Crippen molar-refractivity contribution in [3.8, 4) is 0 Å². The Morgan fingerprint density at radius 2 is 0.535 bits per heavy atom. The van der Waals surface area contributed by atoms with Gasteiger partial charge < -0.3 is 14.2 Å². The maximum Gasteiger partial charge on any atom is 0.306 e. The van der Waals surface area contributed by atoms with Gasteiger partial charge in [-0.2, -0.15) is 0 Å². The molecule has 71 heavy (non-hydrogen) atoms. The lowest BCUT2D eigenvalue weighted by Gasteiger charge is -2.18. The van der Waals surface area contributed by atoms with Gasteiger partial charge in [-0.3, -0.25) is 14.4 Å². The summed E-state index contributed by atoms with van der Waals surface area (Å²) < 4.78 is 16.8. The predicted octanol–water partition coefficient (Wildman–Crippen LogP) is 20.3. The van der Waals surface area contributed by atoms with E-state index < -0.39 is 6.10 Å². The van der Waals surface area contributed by atoms with Crippen molar-refractivity contribution < 1.29 is 28.6 Å². The van der Waals surface area contributed by atoms with Crippen molar-refractivity contribution in [2.24, 2.45) is 0 Å². The third kappa shape index (κ3) is 57.4. The molecule has 0 aromatic heterocycles. The van der Waals surface area contributed by atoms with Crippen LogP contribution >= 0.6 is 0 Å². The summed E-state index contributed by atoms with van der Waals surface area (Å²) in [5.41, 5.74) is 0. The Balaban J connectivity index is 4.49. The summed E-state index contributed by atoms with van der Waals surface area (Å²) in [5, 5.41) is 0. The van der Waals surface area contributed by atoms with Gasteiger partial charge in [-0.1, -0.05) is 266 Å². The zero-order valence-electron chi connectivity index (χ0n) is 46.7. The van der Waals surface area contributed by atoms with Gasteiger partial charge in [0.25, 0.3) is 0 Å². The van der Waals surface area contributed by atoms with Gasteiger partial charge >= 0.3 is 17.9 Å². The van der Waals surface area contributed by atoms with Crippen molar-refractivity contribution in [3.63, 3.8) is 0 Å². The SMILES string of the molecule is CCCCC/C=C\C/C=C\C/C=C\C/C=C\C/C=C\CCC(=O)OC[C@H](COC(=O)CCCCCCCCC/C=C\C/C=C\CCCCC)OC(=O)CCCCCCCCCCCCCCCCCCC. The van der Waals surface area contributed by atoms with Crippen molar-refractivity contribution in [3.05, 3.63) is 85.1 Å². The van der Waals surface area contributed by atoms with E-state index in [9.17, 15) is 14.4 Å². The van der Waals surface area contributed by atoms with Gasteiger partial charge in [-0.05, 0) is 89.9 Å².